The molecule has 0 saturated heterocycles. The molecule has 0 aliphatic heterocycles. The Balaban J connectivity index is 1.64. The van der Waals surface area contributed by atoms with Crippen LogP contribution in [0.1, 0.15) is 25.5 Å². The van der Waals surface area contributed by atoms with E-state index in [0.29, 0.717) is 29.3 Å². The fourth-order valence-corrected chi connectivity index (χ4v) is 3.12. The zero-order valence-electron chi connectivity index (χ0n) is 18.0. The third-order valence-corrected chi connectivity index (χ3v) is 4.84. The molecule has 0 spiro atoms. The molecule has 0 atom stereocenters. The van der Waals surface area contributed by atoms with Crippen molar-refractivity contribution in [3.05, 3.63) is 60.4 Å². The van der Waals surface area contributed by atoms with Crippen LogP contribution in [0.2, 0.25) is 0 Å². The first kappa shape index (κ1) is 20.5. The lowest BCUT2D eigenvalue weighted by Gasteiger charge is -2.12. The predicted molar refractivity (Wildman–Crippen MR) is 119 cm³/mol. The van der Waals surface area contributed by atoms with Gasteiger partial charge < -0.3 is 24.1 Å². The molecule has 0 unspecified atom stereocenters. The number of ether oxygens (including phenoxy) is 3. The fraction of sp³-hybridized carbons (Fsp3) is 0.261. The van der Waals surface area contributed by atoms with Gasteiger partial charge in [0.15, 0.2) is 17.0 Å². The lowest BCUT2D eigenvalue weighted by molar-refractivity contribution is 0.410. The molecule has 4 aromatic rings. The summed E-state index contributed by atoms with van der Waals surface area (Å²) in [6, 6.07) is 15.6. The van der Waals surface area contributed by atoms with E-state index in [4.69, 9.17) is 14.2 Å². The summed E-state index contributed by atoms with van der Waals surface area (Å²) in [5.41, 5.74) is 2.50. The maximum absolute atomic E-state index is 5.94. The van der Waals surface area contributed by atoms with Crippen LogP contribution in [0.15, 0.2) is 54.9 Å². The number of imidazole rings is 1. The molecule has 160 valence electrons. The van der Waals surface area contributed by atoms with E-state index in [2.05, 4.69) is 34.1 Å². The minimum Gasteiger partial charge on any atom is -0.497 e. The summed E-state index contributed by atoms with van der Waals surface area (Å²) in [5.74, 6) is 2.81. The summed E-state index contributed by atoms with van der Waals surface area (Å²) in [7, 11) is 3.28. The molecule has 31 heavy (non-hydrogen) atoms. The summed E-state index contributed by atoms with van der Waals surface area (Å²) in [4.78, 5) is 13.7. The summed E-state index contributed by atoms with van der Waals surface area (Å²) >= 11 is 0. The highest BCUT2D eigenvalue weighted by Gasteiger charge is 2.16. The van der Waals surface area contributed by atoms with Crippen LogP contribution in [0.5, 0.6) is 23.3 Å². The largest absolute Gasteiger partial charge is 0.497 e. The smallest absolute Gasteiger partial charge is 0.326 e. The minimum absolute atomic E-state index is 0.197. The van der Waals surface area contributed by atoms with Gasteiger partial charge in [0.1, 0.15) is 17.2 Å². The van der Waals surface area contributed by atoms with Crippen molar-refractivity contribution in [2.24, 2.45) is 0 Å². The fourth-order valence-electron chi connectivity index (χ4n) is 3.12. The van der Waals surface area contributed by atoms with E-state index in [-0.39, 0.29) is 12.1 Å². The SMILES string of the molecule is COc1ccc(CNc2nc(Oc3ccc(OC)cc3)nc3c2ncn3C(C)C)cc1. The van der Waals surface area contributed by atoms with Gasteiger partial charge in [-0.15, -0.1) is 0 Å². The number of aromatic nitrogens is 4. The highest BCUT2D eigenvalue weighted by atomic mass is 16.5. The van der Waals surface area contributed by atoms with Crippen molar-refractivity contribution in [3.8, 4) is 23.3 Å². The maximum atomic E-state index is 5.94. The van der Waals surface area contributed by atoms with Crippen molar-refractivity contribution in [1.82, 2.24) is 19.5 Å². The number of anilines is 1. The zero-order valence-corrected chi connectivity index (χ0v) is 18.0. The van der Waals surface area contributed by atoms with E-state index < -0.39 is 0 Å². The van der Waals surface area contributed by atoms with Crippen molar-refractivity contribution in [2.75, 3.05) is 19.5 Å². The average molecular weight is 419 g/mol. The second kappa shape index (κ2) is 8.91. The number of nitrogens with zero attached hydrogens (tertiary/aromatic N) is 4. The van der Waals surface area contributed by atoms with Gasteiger partial charge in [0.05, 0.1) is 20.5 Å². The number of nitrogens with one attached hydrogen (secondary N) is 1. The Labute approximate surface area is 180 Å². The molecule has 8 heteroatoms. The van der Waals surface area contributed by atoms with Crippen molar-refractivity contribution >= 4 is 17.0 Å². The Bertz CT molecular complexity index is 1150. The van der Waals surface area contributed by atoms with E-state index in [0.717, 1.165) is 17.1 Å². The molecular formula is C23H25N5O3. The van der Waals surface area contributed by atoms with Gasteiger partial charge in [-0.25, -0.2) is 4.98 Å². The van der Waals surface area contributed by atoms with Crippen molar-refractivity contribution in [1.29, 1.82) is 0 Å². The Morgan fingerprint density at radius 3 is 2.10 bits per heavy atom. The minimum atomic E-state index is 0.197. The van der Waals surface area contributed by atoms with Gasteiger partial charge in [0.25, 0.3) is 0 Å². The van der Waals surface area contributed by atoms with Gasteiger partial charge in [-0.05, 0) is 55.8 Å². The molecule has 1 N–H and O–H groups in total. The third-order valence-electron chi connectivity index (χ3n) is 4.84. The Kier molecular flexibility index (Phi) is 5.88. The molecule has 0 amide bonds. The Morgan fingerprint density at radius 2 is 1.48 bits per heavy atom. The molecule has 0 bridgehead atoms. The molecule has 0 fully saturated rings. The number of methoxy groups -OCH3 is 2. The van der Waals surface area contributed by atoms with Crippen LogP contribution in [-0.2, 0) is 6.54 Å². The zero-order chi connectivity index (χ0) is 21.8. The predicted octanol–water partition coefficient (Wildman–Crippen LogP) is 4.83. The van der Waals surface area contributed by atoms with Gasteiger partial charge in [0, 0.05) is 12.6 Å². The number of rotatable bonds is 8. The van der Waals surface area contributed by atoms with Gasteiger partial charge in [-0.1, -0.05) is 12.1 Å². The lowest BCUT2D eigenvalue weighted by Crippen LogP contribution is -2.06. The second-order valence-electron chi connectivity index (χ2n) is 7.25. The van der Waals surface area contributed by atoms with Gasteiger partial charge in [-0.3, -0.25) is 0 Å². The summed E-state index contributed by atoms with van der Waals surface area (Å²) < 4.78 is 18.4. The quantitative estimate of drug-likeness (QED) is 0.438. The van der Waals surface area contributed by atoms with Crippen molar-refractivity contribution < 1.29 is 14.2 Å². The highest BCUT2D eigenvalue weighted by Crippen LogP contribution is 2.28. The first-order valence-electron chi connectivity index (χ1n) is 10.0. The summed E-state index contributed by atoms with van der Waals surface area (Å²) in [6.07, 6.45) is 1.78. The average Bonchev–Trinajstić information content (AvgIpc) is 3.23. The molecule has 0 aliphatic carbocycles. The molecule has 0 aliphatic rings. The summed E-state index contributed by atoms with van der Waals surface area (Å²) in [6.45, 7) is 4.74. The van der Waals surface area contributed by atoms with Crippen LogP contribution < -0.4 is 19.5 Å². The van der Waals surface area contributed by atoms with Crippen LogP contribution >= 0.6 is 0 Å². The van der Waals surface area contributed by atoms with Crippen LogP contribution in [0.25, 0.3) is 11.2 Å². The molecule has 8 nitrogen and oxygen atoms in total. The standard InChI is InChI=1S/C23H25N5O3/c1-15(2)28-14-25-20-21(24-13-16-5-7-17(29-3)8-6-16)26-23(27-22(20)28)31-19-11-9-18(30-4)10-12-19/h5-12,14-15H,13H2,1-4H3,(H,24,26,27). The molecule has 4 rings (SSSR count). The van der Waals surface area contributed by atoms with E-state index in [1.807, 2.05) is 53.1 Å². The molecule has 0 radical (unpaired) electrons. The van der Waals surface area contributed by atoms with Crippen LogP contribution in [0.3, 0.4) is 0 Å². The lowest BCUT2D eigenvalue weighted by atomic mass is 10.2. The molecule has 2 heterocycles. The maximum Gasteiger partial charge on any atom is 0.326 e. The molecule has 0 saturated carbocycles. The summed E-state index contributed by atoms with van der Waals surface area (Å²) in [5, 5.41) is 3.37. The van der Waals surface area contributed by atoms with Gasteiger partial charge >= 0.3 is 6.01 Å². The Hall–Kier alpha value is -3.81. The van der Waals surface area contributed by atoms with Crippen LogP contribution in [0.4, 0.5) is 5.82 Å². The van der Waals surface area contributed by atoms with E-state index in [1.54, 1.807) is 20.5 Å². The van der Waals surface area contributed by atoms with Crippen molar-refractivity contribution in [3.63, 3.8) is 0 Å². The van der Waals surface area contributed by atoms with E-state index in [1.165, 1.54) is 0 Å². The topological polar surface area (TPSA) is 83.3 Å². The van der Waals surface area contributed by atoms with Gasteiger partial charge in [0.2, 0.25) is 0 Å². The third kappa shape index (κ3) is 4.53. The van der Waals surface area contributed by atoms with Crippen molar-refractivity contribution in [2.45, 2.75) is 26.4 Å². The number of hydrogen-bond donors (Lipinski definition) is 1. The molecular weight excluding hydrogens is 394 g/mol. The highest BCUT2D eigenvalue weighted by molar-refractivity contribution is 5.83. The number of benzene rings is 2. The van der Waals surface area contributed by atoms with Crippen LogP contribution in [0, 0.1) is 0 Å². The number of hydrogen-bond acceptors (Lipinski definition) is 7. The monoisotopic (exact) mass is 419 g/mol. The second-order valence-corrected chi connectivity index (χ2v) is 7.25. The van der Waals surface area contributed by atoms with E-state index >= 15 is 0 Å². The van der Waals surface area contributed by atoms with Crippen LogP contribution in [-0.4, -0.2) is 33.7 Å². The Morgan fingerprint density at radius 1 is 0.871 bits per heavy atom. The normalized spacial score (nSPS) is 11.0. The number of fused-ring (bicyclic) bond motifs is 1. The van der Waals surface area contributed by atoms with E-state index in [9.17, 15) is 0 Å². The first-order chi connectivity index (χ1) is 15.1. The molecule has 2 aromatic heterocycles. The molecule has 2 aromatic carbocycles. The first-order valence-corrected chi connectivity index (χ1v) is 10.0. The van der Waals surface area contributed by atoms with Gasteiger partial charge in [-0.2, -0.15) is 9.97 Å².